The molecule has 2 aromatic carbocycles. The van der Waals surface area contributed by atoms with Gasteiger partial charge >= 0.3 is 0 Å². The van der Waals surface area contributed by atoms with E-state index >= 15 is 0 Å². The summed E-state index contributed by atoms with van der Waals surface area (Å²) >= 11 is 0. The number of nitrogens with one attached hydrogen (secondary N) is 1. The Kier molecular flexibility index (Phi) is 5.07. The number of carbonyl (C=O) groups is 1. The summed E-state index contributed by atoms with van der Waals surface area (Å²) in [6.07, 6.45) is 0. The van der Waals surface area contributed by atoms with Crippen LogP contribution in [0.15, 0.2) is 54.6 Å². The summed E-state index contributed by atoms with van der Waals surface area (Å²) in [4.78, 5) is 12.7. The van der Waals surface area contributed by atoms with Crippen LogP contribution >= 0.6 is 0 Å². The zero-order valence-corrected chi connectivity index (χ0v) is 15.5. The number of nitrogens with zero attached hydrogens (tertiary/aromatic N) is 2. The number of rotatable bonds is 5. The minimum absolute atomic E-state index is 0.0455. The first-order valence-corrected chi connectivity index (χ1v) is 8.60. The van der Waals surface area contributed by atoms with E-state index in [2.05, 4.69) is 10.4 Å². The van der Waals surface area contributed by atoms with E-state index in [0.29, 0.717) is 5.69 Å². The smallest absolute Gasteiger partial charge is 0.270 e. The lowest BCUT2D eigenvalue weighted by Gasteiger charge is -2.10. The molecule has 134 valence electrons. The summed E-state index contributed by atoms with van der Waals surface area (Å²) in [5.74, 6) is 0.600. The minimum atomic E-state index is -0.151. The van der Waals surface area contributed by atoms with Crippen LogP contribution in [-0.4, -0.2) is 28.8 Å². The average molecular weight is 349 g/mol. The Labute approximate surface area is 153 Å². The molecule has 3 aromatic rings. The van der Waals surface area contributed by atoms with Crippen molar-refractivity contribution in [2.75, 3.05) is 7.11 Å². The van der Waals surface area contributed by atoms with E-state index in [4.69, 9.17) is 4.74 Å². The second kappa shape index (κ2) is 7.44. The molecule has 26 heavy (non-hydrogen) atoms. The van der Waals surface area contributed by atoms with Gasteiger partial charge in [0.25, 0.3) is 5.91 Å². The highest BCUT2D eigenvalue weighted by molar-refractivity contribution is 5.94. The van der Waals surface area contributed by atoms with Gasteiger partial charge in [-0.15, -0.1) is 0 Å². The normalized spacial score (nSPS) is 10.8. The lowest BCUT2D eigenvalue weighted by Crippen LogP contribution is -2.31. The van der Waals surface area contributed by atoms with Crippen LogP contribution < -0.4 is 10.1 Å². The maximum atomic E-state index is 12.7. The van der Waals surface area contributed by atoms with E-state index < -0.39 is 0 Å². The SMILES string of the molecule is COc1cccc(-c2cc(C(=O)NC(C)C)n(-c3ccc(C)cc3)n2)c1. The molecule has 0 fully saturated rings. The maximum absolute atomic E-state index is 12.7. The predicted octanol–water partition coefficient (Wildman–Crippen LogP) is 3.99. The van der Waals surface area contributed by atoms with Gasteiger partial charge in [0.15, 0.2) is 0 Å². The van der Waals surface area contributed by atoms with E-state index in [-0.39, 0.29) is 11.9 Å². The fraction of sp³-hybridized carbons (Fsp3) is 0.238. The van der Waals surface area contributed by atoms with Crippen molar-refractivity contribution in [2.24, 2.45) is 0 Å². The van der Waals surface area contributed by atoms with Gasteiger partial charge in [-0.05, 0) is 51.1 Å². The number of carbonyl (C=O) groups excluding carboxylic acids is 1. The number of benzene rings is 2. The van der Waals surface area contributed by atoms with Crippen molar-refractivity contribution >= 4 is 5.91 Å². The number of aromatic nitrogens is 2. The largest absolute Gasteiger partial charge is 0.497 e. The maximum Gasteiger partial charge on any atom is 0.270 e. The molecule has 3 rings (SSSR count). The average Bonchev–Trinajstić information content (AvgIpc) is 3.07. The van der Waals surface area contributed by atoms with Crippen LogP contribution in [0, 0.1) is 6.92 Å². The summed E-state index contributed by atoms with van der Waals surface area (Å²) in [6.45, 7) is 5.90. The van der Waals surface area contributed by atoms with E-state index in [0.717, 1.165) is 28.3 Å². The zero-order chi connectivity index (χ0) is 18.7. The van der Waals surface area contributed by atoms with E-state index in [1.54, 1.807) is 11.8 Å². The molecule has 0 spiro atoms. The number of methoxy groups -OCH3 is 1. The van der Waals surface area contributed by atoms with Gasteiger partial charge in [-0.2, -0.15) is 5.10 Å². The molecule has 5 nitrogen and oxygen atoms in total. The molecule has 1 amide bonds. The molecule has 0 radical (unpaired) electrons. The molecule has 0 bridgehead atoms. The van der Waals surface area contributed by atoms with E-state index in [1.165, 1.54) is 0 Å². The molecule has 0 saturated heterocycles. The van der Waals surface area contributed by atoms with E-state index in [9.17, 15) is 4.79 Å². The van der Waals surface area contributed by atoms with Crippen molar-refractivity contribution in [2.45, 2.75) is 26.8 Å². The Bertz CT molecular complexity index is 911. The Morgan fingerprint density at radius 1 is 1.12 bits per heavy atom. The van der Waals surface area contributed by atoms with Gasteiger partial charge in [-0.1, -0.05) is 29.8 Å². The third-order valence-electron chi connectivity index (χ3n) is 4.01. The number of ether oxygens (including phenoxy) is 1. The van der Waals surface area contributed by atoms with Crippen LogP contribution in [0.4, 0.5) is 0 Å². The van der Waals surface area contributed by atoms with Crippen LogP contribution in [0.5, 0.6) is 5.75 Å². The molecule has 0 unspecified atom stereocenters. The lowest BCUT2D eigenvalue weighted by atomic mass is 10.1. The third kappa shape index (κ3) is 3.77. The molecular formula is C21H23N3O2. The summed E-state index contributed by atoms with van der Waals surface area (Å²) in [7, 11) is 1.63. The number of hydrogen-bond donors (Lipinski definition) is 1. The van der Waals surface area contributed by atoms with Crippen LogP contribution in [0.2, 0.25) is 0 Å². The van der Waals surface area contributed by atoms with Gasteiger partial charge < -0.3 is 10.1 Å². The van der Waals surface area contributed by atoms with Gasteiger partial charge in [-0.3, -0.25) is 4.79 Å². The van der Waals surface area contributed by atoms with Crippen molar-refractivity contribution in [1.29, 1.82) is 0 Å². The highest BCUT2D eigenvalue weighted by Crippen LogP contribution is 2.25. The van der Waals surface area contributed by atoms with Gasteiger partial charge in [-0.25, -0.2) is 4.68 Å². The Balaban J connectivity index is 2.10. The highest BCUT2D eigenvalue weighted by Gasteiger charge is 2.18. The standard InChI is InChI=1S/C21H23N3O2/c1-14(2)22-21(25)20-13-19(16-6-5-7-18(12-16)26-4)23-24(20)17-10-8-15(3)9-11-17/h5-14H,1-4H3,(H,22,25). The molecular weight excluding hydrogens is 326 g/mol. The molecule has 5 heteroatoms. The fourth-order valence-corrected chi connectivity index (χ4v) is 2.69. The van der Waals surface area contributed by atoms with Crippen molar-refractivity contribution in [3.05, 3.63) is 65.9 Å². The molecule has 0 aliphatic heterocycles. The first kappa shape index (κ1) is 17.7. The van der Waals surface area contributed by atoms with E-state index in [1.807, 2.05) is 75.4 Å². The van der Waals surface area contributed by atoms with Crippen molar-refractivity contribution in [3.8, 4) is 22.7 Å². The zero-order valence-electron chi connectivity index (χ0n) is 15.5. The fourth-order valence-electron chi connectivity index (χ4n) is 2.69. The van der Waals surface area contributed by atoms with Crippen molar-refractivity contribution in [1.82, 2.24) is 15.1 Å². The Morgan fingerprint density at radius 3 is 2.50 bits per heavy atom. The van der Waals surface area contributed by atoms with Gasteiger partial charge in [0.1, 0.15) is 11.4 Å². The van der Waals surface area contributed by atoms with Crippen LogP contribution in [0.1, 0.15) is 29.9 Å². The quantitative estimate of drug-likeness (QED) is 0.758. The number of amides is 1. The third-order valence-corrected chi connectivity index (χ3v) is 4.01. The summed E-state index contributed by atoms with van der Waals surface area (Å²) < 4.78 is 6.98. The summed E-state index contributed by atoms with van der Waals surface area (Å²) in [6, 6.07) is 17.4. The molecule has 1 aromatic heterocycles. The topological polar surface area (TPSA) is 56.1 Å². The molecule has 1 N–H and O–H groups in total. The molecule has 0 atom stereocenters. The Morgan fingerprint density at radius 2 is 1.85 bits per heavy atom. The van der Waals surface area contributed by atoms with Crippen LogP contribution in [0.3, 0.4) is 0 Å². The van der Waals surface area contributed by atoms with Crippen molar-refractivity contribution in [3.63, 3.8) is 0 Å². The number of hydrogen-bond acceptors (Lipinski definition) is 3. The number of aryl methyl sites for hydroxylation is 1. The Hall–Kier alpha value is -3.08. The molecule has 0 saturated carbocycles. The second-order valence-corrected chi connectivity index (χ2v) is 6.52. The van der Waals surface area contributed by atoms with Gasteiger partial charge in [0.2, 0.25) is 0 Å². The van der Waals surface area contributed by atoms with Crippen LogP contribution in [-0.2, 0) is 0 Å². The molecule has 0 aliphatic rings. The summed E-state index contributed by atoms with van der Waals surface area (Å²) in [5.41, 5.74) is 4.12. The monoisotopic (exact) mass is 349 g/mol. The minimum Gasteiger partial charge on any atom is -0.497 e. The van der Waals surface area contributed by atoms with Gasteiger partial charge in [0.05, 0.1) is 18.5 Å². The molecule has 1 heterocycles. The first-order valence-electron chi connectivity index (χ1n) is 8.60. The predicted molar refractivity (Wildman–Crippen MR) is 103 cm³/mol. The molecule has 0 aliphatic carbocycles. The van der Waals surface area contributed by atoms with Crippen LogP contribution in [0.25, 0.3) is 16.9 Å². The first-order chi connectivity index (χ1) is 12.5. The second-order valence-electron chi connectivity index (χ2n) is 6.52. The van der Waals surface area contributed by atoms with Crippen molar-refractivity contribution < 1.29 is 9.53 Å². The lowest BCUT2D eigenvalue weighted by molar-refractivity contribution is 0.0935. The highest BCUT2D eigenvalue weighted by atomic mass is 16.5. The summed E-state index contributed by atoms with van der Waals surface area (Å²) in [5, 5.41) is 7.63. The van der Waals surface area contributed by atoms with Gasteiger partial charge in [0, 0.05) is 11.6 Å².